The smallest absolute Gasteiger partial charge is 0.231 e. The molecule has 3 aromatic rings. The van der Waals surface area contributed by atoms with Crippen LogP contribution in [0.25, 0.3) is 10.9 Å². The third kappa shape index (κ3) is 3.83. The molecule has 4 heterocycles. The Morgan fingerprint density at radius 2 is 1.97 bits per heavy atom. The number of fused-ring (bicyclic) bond motifs is 3. The van der Waals surface area contributed by atoms with Gasteiger partial charge in [-0.3, -0.25) is 4.99 Å². The fraction of sp³-hybridized carbons (Fsp3) is 0.333. The minimum atomic E-state index is 0.234. The van der Waals surface area contributed by atoms with Crippen LogP contribution >= 0.6 is 11.8 Å². The van der Waals surface area contributed by atoms with Gasteiger partial charge in [0.25, 0.3) is 0 Å². The van der Waals surface area contributed by atoms with Crippen LogP contribution in [-0.2, 0) is 17.8 Å². The molecule has 1 saturated heterocycles. The van der Waals surface area contributed by atoms with Gasteiger partial charge in [-0.15, -0.1) is 0 Å². The Labute approximate surface area is 185 Å². The molecule has 0 saturated carbocycles. The Bertz CT molecular complexity index is 1150. The maximum atomic E-state index is 5.79. The van der Waals surface area contributed by atoms with Crippen molar-refractivity contribution in [1.82, 2.24) is 9.88 Å². The Hall–Kier alpha value is -2.77. The zero-order chi connectivity index (χ0) is 20.6. The number of benzene rings is 2. The molecule has 0 aliphatic carbocycles. The van der Waals surface area contributed by atoms with E-state index < -0.39 is 0 Å². The van der Waals surface area contributed by atoms with Crippen LogP contribution in [0.15, 0.2) is 58.5 Å². The Morgan fingerprint density at radius 3 is 2.81 bits per heavy atom. The van der Waals surface area contributed by atoms with Crippen molar-refractivity contribution < 1.29 is 14.2 Å². The summed E-state index contributed by atoms with van der Waals surface area (Å²) in [4.78, 5) is 12.3. The summed E-state index contributed by atoms with van der Waals surface area (Å²) in [6, 6.07) is 16.8. The van der Waals surface area contributed by atoms with Crippen molar-refractivity contribution in [2.75, 3.05) is 19.9 Å². The predicted octanol–water partition coefficient (Wildman–Crippen LogP) is 4.61. The molecule has 6 rings (SSSR count). The molecule has 31 heavy (non-hydrogen) atoms. The zero-order valence-corrected chi connectivity index (χ0v) is 17.9. The van der Waals surface area contributed by atoms with Gasteiger partial charge in [0.2, 0.25) is 6.79 Å². The van der Waals surface area contributed by atoms with Crippen LogP contribution in [0.1, 0.15) is 24.0 Å². The Kier molecular flexibility index (Phi) is 4.92. The second-order valence-corrected chi connectivity index (χ2v) is 9.01. The molecule has 0 spiro atoms. The highest BCUT2D eigenvalue weighted by Crippen LogP contribution is 2.39. The largest absolute Gasteiger partial charge is 0.454 e. The second-order valence-electron chi connectivity index (χ2n) is 8.05. The molecule has 158 valence electrons. The van der Waals surface area contributed by atoms with E-state index in [2.05, 4.69) is 41.3 Å². The number of aliphatic imine (C=N–C) groups is 1. The lowest BCUT2D eigenvalue weighted by Gasteiger charge is -2.31. The summed E-state index contributed by atoms with van der Waals surface area (Å²) >= 11 is 1.65. The highest BCUT2D eigenvalue weighted by Gasteiger charge is 2.26. The molecule has 0 bridgehead atoms. The third-order valence-electron chi connectivity index (χ3n) is 5.84. The summed E-state index contributed by atoms with van der Waals surface area (Å²) in [7, 11) is 0. The Balaban J connectivity index is 1.35. The lowest BCUT2D eigenvalue weighted by atomic mass is 10.1. The fourth-order valence-corrected chi connectivity index (χ4v) is 5.21. The monoisotopic (exact) mass is 433 g/mol. The van der Waals surface area contributed by atoms with E-state index in [0.717, 1.165) is 65.1 Å². The second kappa shape index (κ2) is 8.05. The van der Waals surface area contributed by atoms with Gasteiger partial charge in [0.15, 0.2) is 16.7 Å². The zero-order valence-electron chi connectivity index (χ0n) is 17.1. The van der Waals surface area contributed by atoms with Gasteiger partial charge in [0.1, 0.15) is 5.03 Å². The summed E-state index contributed by atoms with van der Waals surface area (Å²) in [5.41, 5.74) is 3.40. The van der Waals surface area contributed by atoms with Crippen LogP contribution in [0.3, 0.4) is 0 Å². The Morgan fingerprint density at radius 1 is 1.10 bits per heavy atom. The number of hydrogen-bond acceptors (Lipinski definition) is 6. The minimum absolute atomic E-state index is 0.234. The van der Waals surface area contributed by atoms with Gasteiger partial charge in [0.05, 0.1) is 18.2 Å². The van der Waals surface area contributed by atoms with E-state index in [1.807, 2.05) is 12.1 Å². The number of aromatic nitrogens is 1. The molecule has 3 aliphatic rings. The number of amidine groups is 1. The van der Waals surface area contributed by atoms with E-state index in [1.165, 1.54) is 11.1 Å². The molecule has 1 atom stereocenters. The molecular formula is C24H23N3O3S. The average Bonchev–Trinajstić information content (AvgIpc) is 3.47. The van der Waals surface area contributed by atoms with Gasteiger partial charge in [-0.2, -0.15) is 0 Å². The summed E-state index contributed by atoms with van der Waals surface area (Å²) < 4.78 is 16.9. The van der Waals surface area contributed by atoms with Crippen LogP contribution in [-0.4, -0.2) is 41.1 Å². The van der Waals surface area contributed by atoms with Crippen molar-refractivity contribution in [2.45, 2.75) is 37.1 Å². The normalized spacial score (nSPS) is 21.1. The van der Waals surface area contributed by atoms with Gasteiger partial charge in [-0.1, -0.05) is 30.3 Å². The van der Waals surface area contributed by atoms with Gasteiger partial charge < -0.3 is 19.1 Å². The van der Waals surface area contributed by atoms with Crippen LogP contribution in [0, 0.1) is 0 Å². The first kappa shape index (κ1) is 19.0. The SMILES string of the molecule is c1ccc(CN2Cc3cc4cc5c(cc4nc3SC2=NCC2CCCO2)OCO5)cc1. The average molecular weight is 434 g/mol. The molecule has 3 aliphatic heterocycles. The number of thioether (sulfide) groups is 1. The molecule has 0 amide bonds. The van der Waals surface area contributed by atoms with Crippen molar-refractivity contribution in [3.8, 4) is 11.5 Å². The third-order valence-corrected chi connectivity index (χ3v) is 6.96. The lowest BCUT2D eigenvalue weighted by Crippen LogP contribution is -2.32. The van der Waals surface area contributed by atoms with Crippen LogP contribution in [0.5, 0.6) is 11.5 Å². The van der Waals surface area contributed by atoms with E-state index in [1.54, 1.807) is 11.8 Å². The van der Waals surface area contributed by atoms with Gasteiger partial charge in [-0.05, 0) is 42.3 Å². The molecule has 1 aromatic heterocycles. The highest BCUT2D eigenvalue weighted by molar-refractivity contribution is 8.13. The van der Waals surface area contributed by atoms with Crippen molar-refractivity contribution in [1.29, 1.82) is 0 Å². The number of nitrogens with zero attached hydrogens (tertiary/aromatic N) is 3. The van der Waals surface area contributed by atoms with Gasteiger partial charge in [0, 0.05) is 36.7 Å². The molecule has 2 aromatic carbocycles. The summed E-state index contributed by atoms with van der Waals surface area (Å²) in [6.07, 6.45) is 2.45. The van der Waals surface area contributed by atoms with Crippen LogP contribution < -0.4 is 9.47 Å². The summed E-state index contributed by atoms with van der Waals surface area (Å²) in [5, 5.41) is 3.10. The minimum Gasteiger partial charge on any atom is -0.454 e. The molecule has 0 radical (unpaired) electrons. The van der Waals surface area contributed by atoms with E-state index in [0.29, 0.717) is 6.54 Å². The molecule has 1 unspecified atom stereocenters. The predicted molar refractivity (Wildman–Crippen MR) is 121 cm³/mol. The highest BCUT2D eigenvalue weighted by atomic mass is 32.2. The van der Waals surface area contributed by atoms with Crippen LogP contribution in [0.4, 0.5) is 0 Å². The topological polar surface area (TPSA) is 56.2 Å². The standard InChI is InChI=1S/C24H23N3O3S/c1-2-5-16(6-3-1)13-27-14-18-9-17-10-21-22(30-15-29-21)11-20(17)26-23(18)31-24(27)25-12-19-7-4-8-28-19/h1-3,5-6,9-11,19H,4,7-8,12-15H2. The molecule has 0 N–H and O–H groups in total. The first-order chi connectivity index (χ1) is 15.3. The molecule has 7 heteroatoms. The van der Waals surface area contributed by atoms with Crippen molar-refractivity contribution in [2.24, 2.45) is 4.99 Å². The number of rotatable bonds is 4. The first-order valence-electron chi connectivity index (χ1n) is 10.7. The van der Waals surface area contributed by atoms with E-state index in [4.69, 9.17) is 24.2 Å². The summed E-state index contributed by atoms with van der Waals surface area (Å²) in [5.74, 6) is 1.55. The van der Waals surface area contributed by atoms with Crippen molar-refractivity contribution in [3.05, 3.63) is 59.7 Å². The number of ether oxygens (including phenoxy) is 3. The van der Waals surface area contributed by atoms with E-state index >= 15 is 0 Å². The summed E-state index contributed by atoms with van der Waals surface area (Å²) in [6.45, 7) is 3.42. The maximum absolute atomic E-state index is 5.79. The van der Waals surface area contributed by atoms with Crippen molar-refractivity contribution in [3.63, 3.8) is 0 Å². The lowest BCUT2D eigenvalue weighted by molar-refractivity contribution is 0.117. The fourth-order valence-electron chi connectivity index (χ4n) is 4.24. The van der Waals surface area contributed by atoms with Crippen LogP contribution in [0.2, 0.25) is 0 Å². The van der Waals surface area contributed by atoms with Gasteiger partial charge in [-0.25, -0.2) is 4.98 Å². The van der Waals surface area contributed by atoms with Crippen molar-refractivity contribution >= 4 is 27.8 Å². The maximum Gasteiger partial charge on any atom is 0.231 e. The van der Waals surface area contributed by atoms with Gasteiger partial charge >= 0.3 is 0 Å². The van der Waals surface area contributed by atoms with E-state index in [9.17, 15) is 0 Å². The molecule has 6 nitrogen and oxygen atoms in total. The molecule has 1 fully saturated rings. The molecular weight excluding hydrogens is 410 g/mol. The van der Waals surface area contributed by atoms with E-state index in [-0.39, 0.29) is 12.9 Å². The number of pyridine rings is 1. The number of hydrogen-bond donors (Lipinski definition) is 0. The quantitative estimate of drug-likeness (QED) is 0.599. The first-order valence-corrected chi connectivity index (χ1v) is 11.5.